The Labute approximate surface area is 114 Å². The Hall–Kier alpha value is -1.77. The van der Waals surface area contributed by atoms with Gasteiger partial charge in [0.25, 0.3) is 0 Å². The SMILES string of the molecule is CC(C)Oc1ccc2c(c1)CCCC2c1cnc[nH]1. The normalized spacial score (nSPS) is 18.4. The summed E-state index contributed by atoms with van der Waals surface area (Å²) in [5.41, 5.74) is 4.06. The summed E-state index contributed by atoms with van der Waals surface area (Å²) >= 11 is 0. The third-order valence-electron chi connectivity index (χ3n) is 3.70. The minimum absolute atomic E-state index is 0.227. The highest BCUT2D eigenvalue weighted by atomic mass is 16.5. The standard InChI is InChI=1S/C16H20N2O/c1-11(2)19-13-6-7-14-12(8-13)4-3-5-15(14)16-9-17-10-18-16/h6-11,15H,3-5H2,1-2H3,(H,17,18). The molecule has 0 radical (unpaired) electrons. The maximum atomic E-state index is 5.79. The molecule has 1 atom stereocenters. The van der Waals surface area contributed by atoms with Crippen molar-refractivity contribution >= 4 is 0 Å². The Morgan fingerprint density at radius 2 is 2.26 bits per heavy atom. The Balaban J connectivity index is 1.93. The largest absolute Gasteiger partial charge is 0.491 e. The van der Waals surface area contributed by atoms with E-state index in [9.17, 15) is 0 Å². The first-order valence-corrected chi connectivity index (χ1v) is 7.02. The van der Waals surface area contributed by atoms with Crippen LogP contribution in [0.15, 0.2) is 30.7 Å². The number of aromatic amines is 1. The van der Waals surface area contributed by atoms with Gasteiger partial charge in [0.15, 0.2) is 0 Å². The van der Waals surface area contributed by atoms with Crippen LogP contribution in [-0.4, -0.2) is 16.1 Å². The molecule has 3 nitrogen and oxygen atoms in total. The lowest BCUT2D eigenvalue weighted by Gasteiger charge is -2.25. The van der Waals surface area contributed by atoms with E-state index in [4.69, 9.17) is 4.74 Å². The van der Waals surface area contributed by atoms with Gasteiger partial charge in [-0.15, -0.1) is 0 Å². The smallest absolute Gasteiger partial charge is 0.119 e. The third kappa shape index (κ3) is 2.50. The Bertz CT molecular complexity index is 546. The number of nitrogens with zero attached hydrogens (tertiary/aromatic N) is 1. The molecule has 1 aromatic carbocycles. The lowest BCUT2D eigenvalue weighted by Crippen LogP contribution is -2.12. The first-order chi connectivity index (χ1) is 9.24. The molecule has 3 heteroatoms. The van der Waals surface area contributed by atoms with Gasteiger partial charge in [0.05, 0.1) is 12.4 Å². The molecule has 0 saturated carbocycles. The number of hydrogen-bond acceptors (Lipinski definition) is 2. The Kier molecular flexibility index (Phi) is 3.28. The summed E-state index contributed by atoms with van der Waals surface area (Å²) in [6, 6.07) is 6.52. The molecule has 3 rings (SSSR count). The molecular weight excluding hydrogens is 236 g/mol. The van der Waals surface area contributed by atoms with Crippen LogP contribution in [0.2, 0.25) is 0 Å². The molecule has 2 aromatic rings. The fourth-order valence-electron chi connectivity index (χ4n) is 2.92. The van der Waals surface area contributed by atoms with Crippen molar-refractivity contribution in [2.45, 2.75) is 45.1 Å². The van der Waals surface area contributed by atoms with Crippen LogP contribution in [-0.2, 0) is 6.42 Å². The molecule has 1 aliphatic carbocycles. The van der Waals surface area contributed by atoms with E-state index < -0.39 is 0 Å². The Morgan fingerprint density at radius 1 is 1.37 bits per heavy atom. The van der Waals surface area contributed by atoms with Crippen LogP contribution in [0.25, 0.3) is 0 Å². The minimum atomic E-state index is 0.227. The molecular formula is C16H20N2O. The van der Waals surface area contributed by atoms with Gasteiger partial charge in [-0.2, -0.15) is 0 Å². The summed E-state index contributed by atoms with van der Waals surface area (Å²) in [7, 11) is 0. The van der Waals surface area contributed by atoms with Crippen LogP contribution >= 0.6 is 0 Å². The quantitative estimate of drug-likeness (QED) is 0.910. The monoisotopic (exact) mass is 256 g/mol. The first-order valence-electron chi connectivity index (χ1n) is 7.02. The first kappa shape index (κ1) is 12.3. The van der Waals surface area contributed by atoms with Crippen LogP contribution in [0.5, 0.6) is 5.75 Å². The van der Waals surface area contributed by atoms with Crippen molar-refractivity contribution in [1.29, 1.82) is 0 Å². The van der Waals surface area contributed by atoms with Gasteiger partial charge in [0.1, 0.15) is 5.75 Å². The number of aryl methyl sites for hydroxylation is 1. The lowest BCUT2D eigenvalue weighted by molar-refractivity contribution is 0.242. The van der Waals surface area contributed by atoms with Gasteiger partial charge in [-0.25, -0.2) is 4.98 Å². The highest BCUT2D eigenvalue weighted by Crippen LogP contribution is 2.37. The zero-order valence-electron chi connectivity index (χ0n) is 11.5. The van der Waals surface area contributed by atoms with Gasteiger partial charge in [0, 0.05) is 17.8 Å². The summed E-state index contributed by atoms with van der Waals surface area (Å²) in [6.07, 6.45) is 7.50. The molecule has 0 spiro atoms. The number of rotatable bonds is 3. The van der Waals surface area contributed by atoms with Crippen molar-refractivity contribution in [1.82, 2.24) is 9.97 Å². The van der Waals surface area contributed by atoms with E-state index in [1.165, 1.54) is 29.7 Å². The zero-order chi connectivity index (χ0) is 13.2. The minimum Gasteiger partial charge on any atom is -0.491 e. The van der Waals surface area contributed by atoms with E-state index in [1.54, 1.807) is 6.33 Å². The lowest BCUT2D eigenvalue weighted by atomic mass is 9.81. The highest BCUT2D eigenvalue weighted by Gasteiger charge is 2.23. The third-order valence-corrected chi connectivity index (χ3v) is 3.70. The van der Waals surface area contributed by atoms with Crippen LogP contribution < -0.4 is 4.74 Å². The van der Waals surface area contributed by atoms with Gasteiger partial charge in [-0.1, -0.05) is 6.07 Å². The highest BCUT2D eigenvalue weighted by molar-refractivity contribution is 5.42. The fourth-order valence-corrected chi connectivity index (χ4v) is 2.92. The molecule has 0 saturated heterocycles. The summed E-state index contributed by atoms with van der Waals surface area (Å²) in [5.74, 6) is 1.44. The van der Waals surface area contributed by atoms with Crippen LogP contribution in [0.1, 0.15) is 49.4 Å². The molecule has 1 unspecified atom stereocenters. The number of aromatic nitrogens is 2. The second-order valence-electron chi connectivity index (χ2n) is 5.48. The Morgan fingerprint density at radius 3 is 3.00 bits per heavy atom. The molecule has 0 amide bonds. The number of ether oxygens (including phenoxy) is 1. The number of fused-ring (bicyclic) bond motifs is 1. The molecule has 0 bridgehead atoms. The molecule has 0 fully saturated rings. The van der Waals surface area contributed by atoms with Crippen molar-refractivity contribution in [2.75, 3.05) is 0 Å². The van der Waals surface area contributed by atoms with E-state index in [0.29, 0.717) is 5.92 Å². The topological polar surface area (TPSA) is 37.9 Å². The predicted molar refractivity (Wildman–Crippen MR) is 75.6 cm³/mol. The van der Waals surface area contributed by atoms with E-state index >= 15 is 0 Å². The molecule has 1 heterocycles. The van der Waals surface area contributed by atoms with E-state index in [2.05, 4.69) is 42.0 Å². The average Bonchev–Trinajstić information content (AvgIpc) is 2.90. The van der Waals surface area contributed by atoms with Crippen LogP contribution in [0.4, 0.5) is 0 Å². The van der Waals surface area contributed by atoms with Crippen molar-refractivity contribution < 1.29 is 4.74 Å². The van der Waals surface area contributed by atoms with E-state index in [0.717, 1.165) is 12.2 Å². The van der Waals surface area contributed by atoms with Gasteiger partial charge in [-0.3, -0.25) is 0 Å². The zero-order valence-corrected chi connectivity index (χ0v) is 11.5. The van der Waals surface area contributed by atoms with E-state index in [-0.39, 0.29) is 6.10 Å². The van der Waals surface area contributed by atoms with Gasteiger partial charge in [-0.05, 0) is 56.4 Å². The number of hydrogen-bond donors (Lipinski definition) is 1. The summed E-state index contributed by atoms with van der Waals surface area (Å²) in [4.78, 5) is 7.40. The molecule has 0 aliphatic heterocycles. The van der Waals surface area contributed by atoms with E-state index in [1.807, 2.05) is 6.20 Å². The summed E-state index contributed by atoms with van der Waals surface area (Å²) in [5, 5.41) is 0. The van der Waals surface area contributed by atoms with Gasteiger partial charge in [0.2, 0.25) is 0 Å². The van der Waals surface area contributed by atoms with Crippen molar-refractivity contribution in [3.05, 3.63) is 47.5 Å². The number of benzene rings is 1. The second kappa shape index (κ2) is 5.08. The van der Waals surface area contributed by atoms with Crippen molar-refractivity contribution in [3.8, 4) is 5.75 Å². The van der Waals surface area contributed by atoms with Crippen LogP contribution in [0.3, 0.4) is 0 Å². The number of nitrogens with one attached hydrogen (secondary N) is 1. The summed E-state index contributed by atoms with van der Waals surface area (Å²) in [6.45, 7) is 4.12. The predicted octanol–water partition coefficient (Wildman–Crippen LogP) is 3.67. The van der Waals surface area contributed by atoms with Crippen molar-refractivity contribution in [3.63, 3.8) is 0 Å². The molecule has 19 heavy (non-hydrogen) atoms. The van der Waals surface area contributed by atoms with Crippen molar-refractivity contribution in [2.24, 2.45) is 0 Å². The maximum absolute atomic E-state index is 5.79. The van der Waals surface area contributed by atoms with Gasteiger partial charge >= 0.3 is 0 Å². The van der Waals surface area contributed by atoms with Crippen LogP contribution in [0, 0.1) is 0 Å². The molecule has 1 N–H and O–H groups in total. The van der Waals surface area contributed by atoms with Gasteiger partial charge < -0.3 is 9.72 Å². The number of H-pyrrole nitrogens is 1. The average molecular weight is 256 g/mol. The molecule has 100 valence electrons. The number of imidazole rings is 1. The maximum Gasteiger partial charge on any atom is 0.119 e. The summed E-state index contributed by atoms with van der Waals surface area (Å²) < 4.78 is 5.79. The molecule has 1 aromatic heterocycles. The fraction of sp³-hybridized carbons (Fsp3) is 0.438. The molecule has 1 aliphatic rings. The second-order valence-corrected chi connectivity index (χ2v) is 5.48.